The Bertz CT molecular complexity index is 1470. The van der Waals surface area contributed by atoms with E-state index >= 15 is 0 Å². The highest BCUT2D eigenvalue weighted by Gasteiger charge is 2.29. The minimum Gasteiger partial charge on any atom is -0.503 e. The Morgan fingerprint density at radius 1 is 0.800 bits per heavy atom. The van der Waals surface area contributed by atoms with Crippen LogP contribution >= 0.6 is 0 Å². The zero-order chi connectivity index (χ0) is 24.4. The summed E-state index contributed by atoms with van der Waals surface area (Å²) in [5.74, 6) is -0.685. The van der Waals surface area contributed by atoms with Crippen molar-refractivity contribution in [2.75, 3.05) is 7.11 Å². The number of benzene rings is 3. The Morgan fingerprint density at radius 2 is 1.49 bits per heavy atom. The molecular weight excluding hydrogens is 440 g/mol. The molecule has 2 heterocycles. The average Bonchev–Trinajstić information content (AvgIpc) is 3.19. The van der Waals surface area contributed by atoms with Crippen molar-refractivity contribution in [1.29, 1.82) is 0 Å². The average molecular weight is 463 g/mol. The number of carbonyl (C=O) groups is 1. The lowest BCUT2D eigenvalue weighted by Gasteiger charge is -2.13. The molecule has 0 atom stereocenters. The van der Waals surface area contributed by atoms with Gasteiger partial charge in [0.1, 0.15) is 5.75 Å². The van der Waals surface area contributed by atoms with Crippen molar-refractivity contribution < 1.29 is 19.7 Å². The van der Waals surface area contributed by atoms with E-state index in [9.17, 15) is 15.0 Å². The van der Waals surface area contributed by atoms with Gasteiger partial charge in [0.05, 0.1) is 24.1 Å². The monoisotopic (exact) mass is 462 g/mol. The number of aromatic hydroxyl groups is 2. The maximum Gasteiger partial charge on any atom is 0.240 e. The molecule has 5 rings (SSSR count). The molecule has 5 aromatic rings. The van der Waals surface area contributed by atoms with Crippen LogP contribution in [0.25, 0.3) is 28.2 Å². The van der Waals surface area contributed by atoms with E-state index in [-0.39, 0.29) is 5.56 Å². The van der Waals surface area contributed by atoms with Gasteiger partial charge in [-0.15, -0.1) is 0 Å². The summed E-state index contributed by atoms with van der Waals surface area (Å²) in [4.78, 5) is 17.9. The first-order chi connectivity index (χ1) is 17.1. The Morgan fingerprint density at radius 3 is 2.11 bits per heavy atom. The molecule has 0 saturated carbocycles. The standard InChI is InChI=1S/C29H22N2O4/c1-35-23-16-12-21(13-17-23)27(32)25-26(20-7-3-2-4-8-20)31(29(34)28(25)33)22-14-10-19(11-15-22)24-9-5-6-18-30-24/h2-18,33-34H,1H3. The SMILES string of the molecule is COc1ccc(C(=O)c2c(O)c(O)n(-c3ccc(-c4ccccn4)cc3)c2-c2ccccc2)cc1. The van der Waals surface area contributed by atoms with Gasteiger partial charge in [0.25, 0.3) is 0 Å². The molecule has 3 aromatic carbocycles. The molecule has 0 unspecified atom stereocenters. The Labute approximate surface area is 202 Å². The van der Waals surface area contributed by atoms with Gasteiger partial charge in [-0.05, 0) is 54.1 Å². The second-order valence-corrected chi connectivity index (χ2v) is 7.92. The summed E-state index contributed by atoms with van der Waals surface area (Å²) >= 11 is 0. The van der Waals surface area contributed by atoms with Crippen molar-refractivity contribution in [2.24, 2.45) is 0 Å². The van der Waals surface area contributed by atoms with Gasteiger partial charge in [-0.1, -0.05) is 48.5 Å². The Hall–Kier alpha value is -4.84. The fourth-order valence-corrected chi connectivity index (χ4v) is 4.08. The normalized spacial score (nSPS) is 10.8. The third-order valence-corrected chi connectivity index (χ3v) is 5.83. The lowest BCUT2D eigenvalue weighted by Crippen LogP contribution is -2.05. The summed E-state index contributed by atoms with van der Waals surface area (Å²) in [6.45, 7) is 0. The Balaban J connectivity index is 1.68. The van der Waals surface area contributed by atoms with Gasteiger partial charge < -0.3 is 14.9 Å². The summed E-state index contributed by atoms with van der Waals surface area (Å²) in [6, 6.07) is 28.9. The number of ketones is 1. The number of ether oxygens (including phenoxy) is 1. The van der Waals surface area contributed by atoms with Gasteiger partial charge in [0.15, 0.2) is 11.5 Å². The molecule has 0 bridgehead atoms. The second kappa shape index (κ2) is 9.19. The highest BCUT2D eigenvalue weighted by Crippen LogP contribution is 2.44. The predicted octanol–water partition coefficient (Wildman–Crippen LogP) is 5.86. The molecule has 6 heteroatoms. The minimum absolute atomic E-state index is 0.0210. The third-order valence-electron chi connectivity index (χ3n) is 5.83. The summed E-state index contributed by atoms with van der Waals surface area (Å²) in [5, 5.41) is 22.0. The van der Waals surface area contributed by atoms with E-state index in [2.05, 4.69) is 4.98 Å². The van der Waals surface area contributed by atoms with E-state index in [1.165, 1.54) is 4.57 Å². The molecule has 0 aliphatic rings. The quantitative estimate of drug-likeness (QED) is 0.309. The van der Waals surface area contributed by atoms with Crippen molar-refractivity contribution in [3.05, 3.63) is 114 Å². The lowest BCUT2D eigenvalue weighted by atomic mass is 9.99. The van der Waals surface area contributed by atoms with Gasteiger partial charge in [-0.3, -0.25) is 14.3 Å². The number of nitrogens with zero attached hydrogens (tertiary/aromatic N) is 2. The summed E-state index contributed by atoms with van der Waals surface area (Å²) in [5.41, 5.74) is 3.76. The number of hydrogen-bond acceptors (Lipinski definition) is 5. The molecule has 0 amide bonds. The van der Waals surface area contributed by atoms with E-state index in [1.54, 1.807) is 37.6 Å². The van der Waals surface area contributed by atoms with Gasteiger partial charge >= 0.3 is 0 Å². The molecule has 0 spiro atoms. The van der Waals surface area contributed by atoms with Crippen LogP contribution in [-0.4, -0.2) is 32.7 Å². The largest absolute Gasteiger partial charge is 0.503 e. The zero-order valence-corrected chi connectivity index (χ0v) is 18.9. The van der Waals surface area contributed by atoms with Crippen LogP contribution in [0.15, 0.2) is 103 Å². The number of aromatic nitrogens is 2. The van der Waals surface area contributed by atoms with Crippen LogP contribution in [0.2, 0.25) is 0 Å². The van der Waals surface area contributed by atoms with E-state index in [0.29, 0.717) is 28.3 Å². The first-order valence-corrected chi connectivity index (χ1v) is 11.0. The number of carbonyl (C=O) groups excluding carboxylic acids is 1. The number of methoxy groups -OCH3 is 1. The van der Waals surface area contributed by atoms with Crippen LogP contribution in [-0.2, 0) is 0 Å². The van der Waals surface area contributed by atoms with Crippen molar-refractivity contribution in [1.82, 2.24) is 9.55 Å². The summed E-state index contributed by atoms with van der Waals surface area (Å²) < 4.78 is 6.67. The van der Waals surface area contributed by atoms with Crippen LogP contribution in [0, 0.1) is 0 Å². The first-order valence-electron chi connectivity index (χ1n) is 11.0. The van der Waals surface area contributed by atoms with Crippen molar-refractivity contribution in [2.45, 2.75) is 0 Å². The molecular formula is C29H22N2O4. The number of hydrogen-bond donors (Lipinski definition) is 2. The minimum atomic E-state index is -0.474. The Kier molecular flexibility index (Phi) is 5.77. The highest BCUT2D eigenvalue weighted by atomic mass is 16.5. The molecule has 0 radical (unpaired) electrons. The molecule has 2 aromatic heterocycles. The van der Waals surface area contributed by atoms with Crippen LogP contribution in [0.3, 0.4) is 0 Å². The van der Waals surface area contributed by atoms with Gasteiger partial charge in [0, 0.05) is 23.0 Å². The van der Waals surface area contributed by atoms with Crippen LogP contribution in [0.1, 0.15) is 15.9 Å². The summed E-state index contributed by atoms with van der Waals surface area (Å²) in [7, 11) is 1.55. The molecule has 0 fully saturated rings. The first kappa shape index (κ1) is 22.0. The number of rotatable bonds is 6. The van der Waals surface area contributed by atoms with Gasteiger partial charge in [-0.2, -0.15) is 0 Å². The summed E-state index contributed by atoms with van der Waals surface area (Å²) in [6.07, 6.45) is 1.73. The topological polar surface area (TPSA) is 84.6 Å². The van der Waals surface area contributed by atoms with Crippen LogP contribution < -0.4 is 4.74 Å². The van der Waals surface area contributed by atoms with E-state index in [0.717, 1.165) is 11.3 Å². The lowest BCUT2D eigenvalue weighted by molar-refractivity contribution is 0.103. The predicted molar refractivity (Wildman–Crippen MR) is 134 cm³/mol. The molecule has 0 aliphatic heterocycles. The zero-order valence-electron chi connectivity index (χ0n) is 18.9. The van der Waals surface area contributed by atoms with E-state index in [1.807, 2.05) is 72.8 Å². The molecule has 2 N–H and O–H groups in total. The second-order valence-electron chi connectivity index (χ2n) is 7.92. The van der Waals surface area contributed by atoms with Crippen molar-refractivity contribution in [3.8, 4) is 45.6 Å². The molecule has 6 nitrogen and oxygen atoms in total. The molecule has 0 aliphatic carbocycles. The number of pyridine rings is 1. The van der Waals surface area contributed by atoms with Crippen molar-refractivity contribution >= 4 is 5.78 Å². The van der Waals surface area contributed by atoms with E-state index < -0.39 is 17.4 Å². The van der Waals surface area contributed by atoms with E-state index in [4.69, 9.17) is 4.74 Å². The fourth-order valence-electron chi connectivity index (χ4n) is 4.08. The van der Waals surface area contributed by atoms with Crippen LogP contribution in [0.4, 0.5) is 0 Å². The molecule has 35 heavy (non-hydrogen) atoms. The van der Waals surface area contributed by atoms with Gasteiger partial charge in [0.2, 0.25) is 5.88 Å². The third kappa shape index (κ3) is 4.02. The fraction of sp³-hybridized carbons (Fsp3) is 0.0345. The maximum absolute atomic E-state index is 13.6. The van der Waals surface area contributed by atoms with Crippen LogP contribution in [0.5, 0.6) is 17.4 Å². The smallest absolute Gasteiger partial charge is 0.240 e. The molecule has 172 valence electrons. The van der Waals surface area contributed by atoms with Crippen molar-refractivity contribution in [3.63, 3.8) is 0 Å². The maximum atomic E-state index is 13.6. The highest BCUT2D eigenvalue weighted by molar-refractivity contribution is 6.15. The molecule has 0 saturated heterocycles. The van der Waals surface area contributed by atoms with Gasteiger partial charge in [-0.25, -0.2) is 0 Å².